The molecule has 5 heteroatoms. The standard InChI is InChI=1S/C23H22N2O3/c1-16(26)17-8-13-22(28-2)18(14-17)15-23(27)25-21-11-9-20(10-12-21)24-19-6-4-3-5-7-19/h3-14,24H,15H2,1-2H3,(H,25,27). The van der Waals surface area contributed by atoms with Crippen LogP contribution in [-0.4, -0.2) is 18.8 Å². The number of para-hydroxylation sites is 1. The summed E-state index contributed by atoms with van der Waals surface area (Å²) >= 11 is 0. The third kappa shape index (κ3) is 4.98. The van der Waals surface area contributed by atoms with Gasteiger partial charge in [-0.3, -0.25) is 9.59 Å². The molecule has 0 aromatic heterocycles. The maximum absolute atomic E-state index is 12.4. The zero-order valence-electron chi connectivity index (χ0n) is 15.9. The molecule has 142 valence electrons. The molecule has 0 atom stereocenters. The first-order chi connectivity index (χ1) is 13.5. The van der Waals surface area contributed by atoms with Crippen molar-refractivity contribution in [1.82, 2.24) is 0 Å². The Morgan fingerprint density at radius 2 is 1.50 bits per heavy atom. The first kappa shape index (κ1) is 19.2. The van der Waals surface area contributed by atoms with E-state index in [9.17, 15) is 9.59 Å². The lowest BCUT2D eigenvalue weighted by atomic mass is 10.0. The Labute approximate surface area is 164 Å². The summed E-state index contributed by atoms with van der Waals surface area (Å²) in [4.78, 5) is 24.0. The SMILES string of the molecule is COc1ccc(C(C)=O)cc1CC(=O)Nc1ccc(Nc2ccccc2)cc1. The van der Waals surface area contributed by atoms with Crippen molar-refractivity contribution >= 4 is 28.8 Å². The van der Waals surface area contributed by atoms with Crippen LogP contribution in [0.25, 0.3) is 0 Å². The second-order valence-electron chi connectivity index (χ2n) is 6.38. The number of rotatable bonds is 7. The molecule has 0 heterocycles. The minimum atomic E-state index is -0.178. The molecule has 2 N–H and O–H groups in total. The van der Waals surface area contributed by atoms with Gasteiger partial charge in [0.25, 0.3) is 0 Å². The molecule has 5 nitrogen and oxygen atoms in total. The summed E-state index contributed by atoms with van der Waals surface area (Å²) in [5.41, 5.74) is 3.86. The number of hydrogen-bond donors (Lipinski definition) is 2. The molecule has 0 radical (unpaired) electrons. The van der Waals surface area contributed by atoms with E-state index < -0.39 is 0 Å². The lowest BCUT2D eigenvalue weighted by Gasteiger charge is -2.11. The normalized spacial score (nSPS) is 10.2. The molecule has 0 saturated carbocycles. The molecule has 0 unspecified atom stereocenters. The van der Waals surface area contributed by atoms with Crippen molar-refractivity contribution in [2.45, 2.75) is 13.3 Å². The number of amides is 1. The molecule has 0 aliphatic heterocycles. The number of methoxy groups -OCH3 is 1. The maximum Gasteiger partial charge on any atom is 0.228 e. The Morgan fingerprint density at radius 3 is 2.14 bits per heavy atom. The number of anilines is 3. The van der Waals surface area contributed by atoms with E-state index in [1.807, 2.05) is 54.6 Å². The van der Waals surface area contributed by atoms with Crippen LogP contribution in [-0.2, 0) is 11.2 Å². The van der Waals surface area contributed by atoms with Gasteiger partial charge in [-0.2, -0.15) is 0 Å². The van der Waals surface area contributed by atoms with E-state index in [0.29, 0.717) is 22.6 Å². The predicted molar refractivity (Wildman–Crippen MR) is 111 cm³/mol. The summed E-state index contributed by atoms with van der Waals surface area (Å²) in [7, 11) is 1.54. The summed E-state index contributed by atoms with van der Waals surface area (Å²) in [6, 6.07) is 22.5. The molecule has 0 fully saturated rings. The first-order valence-corrected chi connectivity index (χ1v) is 8.95. The van der Waals surface area contributed by atoms with Crippen molar-refractivity contribution in [3.05, 3.63) is 83.9 Å². The second kappa shape index (κ2) is 8.86. The molecule has 0 aliphatic carbocycles. The van der Waals surface area contributed by atoms with Crippen LogP contribution >= 0.6 is 0 Å². The summed E-state index contributed by atoms with van der Waals surface area (Å²) in [5.74, 6) is 0.358. The van der Waals surface area contributed by atoms with Crippen molar-refractivity contribution in [2.75, 3.05) is 17.7 Å². The van der Waals surface area contributed by atoms with Gasteiger partial charge < -0.3 is 15.4 Å². The van der Waals surface area contributed by atoms with E-state index in [-0.39, 0.29) is 18.1 Å². The maximum atomic E-state index is 12.4. The highest BCUT2D eigenvalue weighted by molar-refractivity contribution is 5.96. The zero-order chi connectivity index (χ0) is 19.9. The fourth-order valence-electron chi connectivity index (χ4n) is 2.84. The molecule has 0 bridgehead atoms. The Bertz CT molecular complexity index is 967. The van der Waals surface area contributed by atoms with Gasteiger partial charge >= 0.3 is 0 Å². The molecule has 1 amide bonds. The Kier molecular flexibility index (Phi) is 6.07. The quantitative estimate of drug-likeness (QED) is 0.582. The largest absolute Gasteiger partial charge is 0.496 e. The van der Waals surface area contributed by atoms with E-state index in [0.717, 1.165) is 11.4 Å². The molecule has 0 aliphatic rings. The Morgan fingerprint density at radius 1 is 0.857 bits per heavy atom. The topological polar surface area (TPSA) is 67.4 Å². The van der Waals surface area contributed by atoms with E-state index in [2.05, 4.69) is 10.6 Å². The number of carbonyl (C=O) groups excluding carboxylic acids is 2. The number of ketones is 1. The van der Waals surface area contributed by atoms with Gasteiger partial charge in [0.2, 0.25) is 5.91 Å². The number of Topliss-reactive ketones (excluding diaryl/α,β-unsaturated/α-hetero) is 1. The van der Waals surface area contributed by atoms with Gasteiger partial charge in [-0.25, -0.2) is 0 Å². The number of nitrogens with one attached hydrogen (secondary N) is 2. The highest BCUT2D eigenvalue weighted by Crippen LogP contribution is 2.22. The minimum Gasteiger partial charge on any atom is -0.496 e. The lowest BCUT2D eigenvalue weighted by Crippen LogP contribution is -2.15. The second-order valence-corrected chi connectivity index (χ2v) is 6.38. The van der Waals surface area contributed by atoms with Gasteiger partial charge in [-0.05, 0) is 61.5 Å². The summed E-state index contributed by atoms with van der Waals surface area (Å²) in [5, 5.41) is 6.17. The minimum absolute atomic E-state index is 0.0502. The fourth-order valence-corrected chi connectivity index (χ4v) is 2.84. The third-order valence-electron chi connectivity index (χ3n) is 4.27. The number of benzene rings is 3. The van der Waals surface area contributed by atoms with Crippen molar-refractivity contribution in [1.29, 1.82) is 0 Å². The van der Waals surface area contributed by atoms with Gasteiger partial charge in [0.1, 0.15) is 5.75 Å². The molecule has 0 spiro atoms. The van der Waals surface area contributed by atoms with Crippen molar-refractivity contribution in [3.63, 3.8) is 0 Å². The summed E-state index contributed by atoms with van der Waals surface area (Å²) in [6.07, 6.45) is 0.119. The third-order valence-corrected chi connectivity index (χ3v) is 4.27. The van der Waals surface area contributed by atoms with Crippen LogP contribution in [0, 0.1) is 0 Å². The van der Waals surface area contributed by atoms with Gasteiger partial charge in [0.05, 0.1) is 13.5 Å². The van der Waals surface area contributed by atoms with Crippen LogP contribution in [0.1, 0.15) is 22.8 Å². The van der Waals surface area contributed by atoms with Gasteiger partial charge in [0, 0.05) is 28.2 Å². The smallest absolute Gasteiger partial charge is 0.228 e. The number of hydrogen-bond acceptors (Lipinski definition) is 4. The van der Waals surface area contributed by atoms with Crippen molar-refractivity contribution in [2.24, 2.45) is 0 Å². The number of carbonyl (C=O) groups is 2. The Hall–Kier alpha value is -3.60. The number of ether oxygens (including phenoxy) is 1. The average Bonchev–Trinajstić information content (AvgIpc) is 2.70. The molecular formula is C23H22N2O3. The predicted octanol–water partition coefficient (Wildman–Crippen LogP) is 4.82. The van der Waals surface area contributed by atoms with Crippen LogP contribution in [0.3, 0.4) is 0 Å². The summed E-state index contributed by atoms with van der Waals surface area (Å²) < 4.78 is 5.30. The van der Waals surface area contributed by atoms with Crippen LogP contribution in [0.2, 0.25) is 0 Å². The van der Waals surface area contributed by atoms with Gasteiger partial charge in [-0.1, -0.05) is 18.2 Å². The van der Waals surface area contributed by atoms with E-state index >= 15 is 0 Å². The van der Waals surface area contributed by atoms with Crippen LogP contribution in [0.4, 0.5) is 17.1 Å². The highest BCUT2D eigenvalue weighted by Gasteiger charge is 2.12. The van der Waals surface area contributed by atoms with Crippen molar-refractivity contribution < 1.29 is 14.3 Å². The van der Waals surface area contributed by atoms with Crippen LogP contribution < -0.4 is 15.4 Å². The molecule has 28 heavy (non-hydrogen) atoms. The average molecular weight is 374 g/mol. The molecule has 0 saturated heterocycles. The monoisotopic (exact) mass is 374 g/mol. The zero-order valence-corrected chi connectivity index (χ0v) is 15.9. The molecule has 3 rings (SSSR count). The fraction of sp³-hybridized carbons (Fsp3) is 0.130. The van der Waals surface area contributed by atoms with E-state index in [1.54, 1.807) is 25.3 Å². The van der Waals surface area contributed by atoms with Crippen LogP contribution in [0.15, 0.2) is 72.8 Å². The Balaban J connectivity index is 1.65. The van der Waals surface area contributed by atoms with Crippen LogP contribution in [0.5, 0.6) is 5.75 Å². The summed E-state index contributed by atoms with van der Waals surface area (Å²) in [6.45, 7) is 1.50. The van der Waals surface area contributed by atoms with Gasteiger partial charge in [-0.15, -0.1) is 0 Å². The highest BCUT2D eigenvalue weighted by atomic mass is 16.5. The molecular weight excluding hydrogens is 352 g/mol. The van der Waals surface area contributed by atoms with Gasteiger partial charge in [0.15, 0.2) is 5.78 Å². The lowest BCUT2D eigenvalue weighted by molar-refractivity contribution is -0.115. The van der Waals surface area contributed by atoms with Crippen molar-refractivity contribution in [3.8, 4) is 5.75 Å². The molecule has 3 aromatic carbocycles. The molecule has 3 aromatic rings. The van der Waals surface area contributed by atoms with E-state index in [4.69, 9.17) is 4.74 Å². The van der Waals surface area contributed by atoms with E-state index in [1.165, 1.54) is 6.92 Å². The first-order valence-electron chi connectivity index (χ1n) is 8.95.